The largest absolute Gasteiger partial charge is 0.326 e. The van der Waals surface area contributed by atoms with Gasteiger partial charge < -0.3 is 9.88 Å². The first-order valence-corrected chi connectivity index (χ1v) is 9.09. The molecular weight excluding hydrogens is 371 g/mol. The van der Waals surface area contributed by atoms with Crippen LogP contribution in [-0.2, 0) is 17.8 Å². The van der Waals surface area contributed by atoms with E-state index in [0.717, 1.165) is 16.8 Å². The Labute approximate surface area is 164 Å². The van der Waals surface area contributed by atoms with Crippen molar-refractivity contribution in [2.24, 2.45) is 0 Å². The summed E-state index contributed by atoms with van der Waals surface area (Å²) in [4.78, 5) is 31.9. The maximum Gasteiger partial charge on any atom is 0.269 e. The molecule has 1 aliphatic rings. The predicted molar refractivity (Wildman–Crippen MR) is 107 cm³/mol. The van der Waals surface area contributed by atoms with E-state index < -0.39 is 5.82 Å². The molecule has 4 aromatic rings. The molecule has 1 aliphatic heterocycles. The number of pyridine rings is 1. The summed E-state index contributed by atoms with van der Waals surface area (Å²) in [5.41, 5.74) is 4.53. The second kappa shape index (κ2) is 6.63. The van der Waals surface area contributed by atoms with Gasteiger partial charge in [0, 0.05) is 17.4 Å². The lowest BCUT2D eigenvalue weighted by molar-refractivity contribution is -0.115. The van der Waals surface area contributed by atoms with Crippen molar-refractivity contribution >= 4 is 22.6 Å². The van der Waals surface area contributed by atoms with Gasteiger partial charge >= 0.3 is 0 Å². The summed E-state index contributed by atoms with van der Waals surface area (Å²) in [7, 11) is 0. The highest BCUT2D eigenvalue weighted by Crippen LogP contribution is 2.30. The van der Waals surface area contributed by atoms with E-state index in [4.69, 9.17) is 0 Å². The summed E-state index contributed by atoms with van der Waals surface area (Å²) < 4.78 is 16.4. The van der Waals surface area contributed by atoms with Gasteiger partial charge in [-0.3, -0.25) is 14.6 Å². The minimum Gasteiger partial charge on any atom is -0.326 e. The van der Waals surface area contributed by atoms with Crippen LogP contribution in [0, 0.1) is 5.82 Å². The Hall–Kier alpha value is -3.87. The van der Waals surface area contributed by atoms with Crippen LogP contribution in [0.5, 0.6) is 0 Å². The number of amides is 1. The molecule has 0 aliphatic carbocycles. The molecule has 2 aromatic heterocycles. The number of benzene rings is 2. The Balaban J connectivity index is 1.50. The number of fused-ring (bicyclic) bond motifs is 2. The van der Waals surface area contributed by atoms with Crippen molar-refractivity contribution in [2.75, 3.05) is 5.32 Å². The smallest absolute Gasteiger partial charge is 0.269 e. The highest BCUT2D eigenvalue weighted by molar-refractivity contribution is 5.99. The van der Waals surface area contributed by atoms with Crippen molar-refractivity contribution in [2.45, 2.75) is 13.0 Å². The van der Waals surface area contributed by atoms with Crippen LogP contribution in [0.1, 0.15) is 11.1 Å². The van der Waals surface area contributed by atoms with Gasteiger partial charge in [-0.2, -0.15) is 0 Å². The van der Waals surface area contributed by atoms with Crippen molar-refractivity contribution in [1.29, 1.82) is 0 Å². The van der Waals surface area contributed by atoms with Crippen molar-refractivity contribution in [1.82, 2.24) is 14.5 Å². The van der Waals surface area contributed by atoms with Crippen molar-refractivity contribution < 1.29 is 9.18 Å². The summed E-state index contributed by atoms with van der Waals surface area (Å²) in [5, 5.41) is 2.79. The minimum atomic E-state index is -0.400. The van der Waals surface area contributed by atoms with E-state index in [2.05, 4.69) is 15.3 Å². The van der Waals surface area contributed by atoms with Crippen LogP contribution in [0.15, 0.2) is 65.8 Å². The first-order chi connectivity index (χ1) is 14.1. The van der Waals surface area contributed by atoms with Gasteiger partial charge in [-0.1, -0.05) is 18.2 Å². The van der Waals surface area contributed by atoms with Gasteiger partial charge in [0.2, 0.25) is 5.91 Å². The summed E-state index contributed by atoms with van der Waals surface area (Å²) in [6.45, 7) is 0.0938. The van der Waals surface area contributed by atoms with Gasteiger partial charge in [-0.15, -0.1) is 0 Å². The number of carbonyl (C=O) groups excluding carboxylic acids is 1. The SMILES string of the molecule is O=C1Cc2cc(-c3ccc(Cn4c(=O)cnc5cnccc54)c(F)c3)ccc2N1. The van der Waals surface area contributed by atoms with Crippen LogP contribution in [0.3, 0.4) is 0 Å². The second-order valence-corrected chi connectivity index (χ2v) is 6.95. The lowest BCUT2D eigenvalue weighted by atomic mass is 10.00. The van der Waals surface area contributed by atoms with Gasteiger partial charge in [0.1, 0.15) is 11.3 Å². The number of rotatable bonds is 3. The fourth-order valence-corrected chi connectivity index (χ4v) is 3.62. The summed E-state index contributed by atoms with van der Waals surface area (Å²) in [6, 6.07) is 12.2. The van der Waals surface area contributed by atoms with E-state index in [-0.39, 0.29) is 18.0 Å². The molecule has 3 heterocycles. The van der Waals surface area contributed by atoms with Gasteiger partial charge in [-0.25, -0.2) is 9.37 Å². The summed E-state index contributed by atoms with van der Waals surface area (Å²) in [6.07, 6.45) is 4.69. The van der Waals surface area contributed by atoms with Gasteiger partial charge in [-0.05, 0) is 41.0 Å². The van der Waals surface area contributed by atoms with Gasteiger partial charge in [0.05, 0.1) is 30.9 Å². The van der Waals surface area contributed by atoms with Crippen LogP contribution >= 0.6 is 0 Å². The first-order valence-electron chi connectivity index (χ1n) is 9.09. The maximum atomic E-state index is 14.9. The molecule has 0 saturated carbocycles. The van der Waals surface area contributed by atoms with E-state index in [9.17, 15) is 14.0 Å². The topological polar surface area (TPSA) is 76.9 Å². The molecule has 29 heavy (non-hydrogen) atoms. The molecule has 2 aromatic carbocycles. The minimum absolute atomic E-state index is 0.0381. The number of anilines is 1. The number of hydrogen-bond acceptors (Lipinski definition) is 4. The summed E-state index contributed by atoms with van der Waals surface area (Å²) >= 11 is 0. The zero-order chi connectivity index (χ0) is 20.0. The molecule has 0 atom stereocenters. The van der Waals surface area contributed by atoms with Gasteiger partial charge in [0.15, 0.2) is 0 Å². The molecule has 0 radical (unpaired) electrons. The van der Waals surface area contributed by atoms with E-state index in [1.807, 2.05) is 24.3 Å². The lowest BCUT2D eigenvalue weighted by Gasteiger charge is -2.11. The number of nitrogens with zero attached hydrogens (tertiary/aromatic N) is 3. The zero-order valence-electron chi connectivity index (χ0n) is 15.2. The number of aromatic nitrogens is 3. The molecule has 5 rings (SSSR count). The molecule has 0 bridgehead atoms. The third kappa shape index (κ3) is 3.06. The molecule has 0 saturated heterocycles. The molecule has 0 spiro atoms. The van der Waals surface area contributed by atoms with Crippen LogP contribution in [0.4, 0.5) is 10.1 Å². The average molecular weight is 386 g/mol. The first kappa shape index (κ1) is 17.2. The Morgan fingerprint density at radius 3 is 2.72 bits per heavy atom. The van der Waals surface area contributed by atoms with Crippen LogP contribution in [0.25, 0.3) is 22.2 Å². The molecule has 1 N–H and O–H groups in total. The van der Waals surface area contributed by atoms with Crippen molar-refractivity contribution in [3.05, 3.63) is 88.4 Å². The summed E-state index contributed by atoms with van der Waals surface area (Å²) in [5.74, 6) is -0.438. The van der Waals surface area contributed by atoms with E-state index in [1.165, 1.54) is 16.8 Å². The second-order valence-electron chi connectivity index (χ2n) is 6.95. The van der Waals surface area contributed by atoms with Crippen LogP contribution in [-0.4, -0.2) is 20.4 Å². The lowest BCUT2D eigenvalue weighted by Crippen LogP contribution is -2.21. The van der Waals surface area contributed by atoms with Crippen molar-refractivity contribution in [3.8, 4) is 11.1 Å². The molecule has 0 unspecified atom stereocenters. The highest BCUT2D eigenvalue weighted by Gasteiger charge is 2.18. The van der Waals surface area contributed by atoms with E-state index >= 15 is 0 Å². The Morgan fingerprint density at radius 2 is 1.86 bits per heavy atom. The average Bonchev–Trinajstić information content (AvgIpc) is 3.10. The molecule has 7 heteroatoms. The molecule has 0 fully saturated rings. The predicted octanol–water partition coefficient (Wildman–Crippen LogP) is 3.14. The van der Waals surface area contributed by atoms with E-state index in [0.29, 0.717) is 28.6 Å². The molecule has 142 valence electrons. The molecule has 6 nitrogen and oxygen atoms in total. The third-order valence-electron chi connectivity index (χ3n) is 5.09. The van der Waals surface area contributed by atoms with Gasteiger partial charge in [0.25, 0.3) is 5.56 Å². The van der Waals surface area contributed by atoms with Crippen LogP contribution in [0.2, 0.25) is 0 Å². The number of halogens is 1. The zero-order valence-corrected chi connectivity index (χ0v) is 15.2. The van der Waals surface area contributed by atoms with E-state index in [1.54, 1.807) is 24.5 Å². The van der Waals surface area contributed by atoms with Crippen LogP contribution < -0.4 is 10.9 Å². The normalized spacial score (nSPS) is 12.8. The molecular formula is C22H15FN4O2. The number of nitrogens with one attached hydrogen (secondary N) is 1. The number of carbonyl (C=O) groups is 1. The molecule has 1 amide bonds. The fraction of sp³-hybridized carbons (Fsp3) is 0.0909. The monoisotopic (exact) mass is 386 g/mol. The maximum absolute atomic E-state index is 14.9. The third-order valence-corrected chi connectivity index (χ3v) is 5.09. The number of hydrogen-bond donors (Lipinski definition) is 1. The standard InChI is InChI=1S/C22H15FN4O2/c23-17-8-14(13-3-4-18-16(7-13)9-21(28)26-18)1-2-15(17)12-27-20-5-6-24-10-19(20)25-11-22(27)29/h1-8,10-11H,9,12H2,(H,26,28). The quantitative estimate of drug-likeness (QED) is 0.587. The fourth-order valence-electron chi connectivity index (χ4n) is 3.62. The highest BCUT2D eigenvalue weighted by atomic mass is 19.1. The Bertz CT molecular complexity index is 1350. The Morgan fingerprint density at radius 1 is 1.03 bits per heavy atom. The Kier molecular flexibility index (Phi) is 3.94. The van der Waals surface area contributed by atoms with Crippen molar-refractivity contribution in [3.63, 3.8) is 0 Å².